The standard InChI is InChI=1S/C16H23NO2/c1-3-16(8-5-9-17-12-16)15(18)11-13-6-4-7-14(10-13)19-2/h4,6-7,10,17H,3,5,8-9,11-12H2,1-2H3. The molecule has 0 radical (unpaired) electrons. The van der Waals surface area contributed by atoms with E-state index in [0.29, 0.717) is 12.2 Å². The van der Waals surface area contributed by atoms with E-state index in [1.807, 2.05) is 24.3 Å². The molecule has 1 aliphatic rings. The number of piperidine rings is 1. The molecule has 104 valence electrons. The number of ether oxygens (including phenoxy) is 1. The van der Waals surface area contributed by atoms with E-state index in [2.05, 4.69) is 12.2 Å². The summed E-state index contributed by atoms with van der Waals surface area (Å²) in [5, 5.41) is 3.37. The third kappa shape index (κ3) is 3.16. The van der Waals surface area contributed by atoms with Crippen LogP contribution in [-0.2, 0) is 11.2 Å². The van der Waals surface area contributed by atoms with Crippen molar-refractivity contribution in [3.8, 4) is 5.75 Å². The molecule has 0 saturated carbocycles. The third-order valence-corrected chi connectivity index (χ3v) is 4.24. The van der Waals surface area contributed by atoms with Gasteiger partial charge in [0, 0.05) is 18.4 Å². The van der Waals surface area contributed by atoms with Crippen molar-refractivity contribution in [1.82, 2.24) is 5.32 Å². The Labute approximate surface area is 115 Å². The molecule has 0 amide bonds. The second-order valence-corrected chi connectivity index (χ2v) is 5.37. The van der Waals surface area contributed by atoms with Gasteiger partial charge in [-0.05, 0) is 43.5 Å². The highest BCUT2D eigenvalue weighted by atomic mass is 16.5. The van der Waals surface area contributed by atoms with Gasteiger partial charge < -0.3 is 10.1 Å². The Morgan fingerprint density at radius 2 is 2.32 bits per heavy atom. The van der Waals surface area contributed by atoms with Gasteiger partial charge in [-0.15, -0.1) is 0 Å². The Morgan fingerprint density at radius 3 is 2.95 bits per heavy atom. The molecule has 0 aromatic heterocycles. The lowest BCUT2D eigenvalue weighted by Crippen LogP contribution is -2.45. The van der Waals surface area contributed by atoms with Gasteiger partial charge in [0.1, 0.15) is 11.5 Å². The van der Waals surface area contributed by atoms with Gasteiger partial charge in [0.15, 0.2) is 0 Å². The van der Waals surface area contributed by atoms with E-state index in [0.717, 1.165) is 43.7 Å². The van der Waals surface area contributed by atoms with Crippen LogP contribution < -0.4 is 10.1 Å². The highest BCUT2D eigenvalue weighted by Crippen LogP contribution is 2.32. The van der Waals surface area contributed by atoms with Crippen LogP contribution in [0, 0.1) is 5.41 Å². The summed E-state index contributed by atoms with van der Waals surface area (Å²) in [4.78, 5) is 12.6. The molecule has 3 heteroatoms. The molecular weight excluding hydrogens is 238 g/mol. The second-order valence-electron chi connectivity index (χ2n) is 5.37. The SMILES string of the molecule is CCC1(C(=O)Cc2cccc(OC)c2)CCCNC1. The van der Waals surface area contributed by atoms with Gasteiger partial charge in [-0.25, -0.2) is 0 Å². The van der Waals surface area contributed by atoms with Crippen LogP contribution in [0.15, 0.2) is 24.3 Å². The molecule has 1 unspecified atom stereocenters. The monoisotopic (exact) mass is 261 g/mol. The Bertz CT molecular complexity index is 436. The lowest BCUT2D eigenvalue weighted by Gasteiger charge is -2.35. The van der Waals surface area contributed by atoms with Crippen molar-refractivity contribution >= 4 is 5.78 Å². The topological polar surface area (TPSA) is 38.3 Å². The Morgan fingerprint density at radius 1 is 1.47 bits per heavy atom. The van der Waals surface area contributed by atoms with Crippen LogP contribution in [0.25, 0.3) is 0 Å². The summed E-state index contributed by atoms with van der Waals surface area (Å²) in [5.74, 6) is 1.17. The Balaban J connectivity index is 2.10. The summed E-state index contributed by atoms with van der Waals surface area (Å²) in [6.07, 6.45) is 3.53. The van der Waals surface area contributed by atoms with E-state index in [4.69, 9.17) is 4.74 Å². The highest BCUT2D eigenvalue weighted by molar-refractivity contribution is 5.87. The van der Waals surface area contributed by atoms with Crippen LogP contribution in [0.4, 0.5) is 0 Å². The first-order chi connectivity index (χ1) is 9.20. The molecule has 3 nitrogen and oxygen atoms in total. The highest BCUT2D eigenvalue weighted by Gasteiger charge is 2.37. The van der Waals surface area contributed by atoms with Crippen LogP contribution in [0.2, 0.25) is 0 Å². The summed E-state index contributed by atoms with van der Waals surface area (Å²) >= 11 is 0. The first-order valence-corrected chi connectivity index (χ1v) is 7.07. The average Bonchev–Trinajstić information content (AvgIpc) is 2.48. The number of carbonyl (C=O) groups is 1. The number of methoxy groups -OCH3 is 1. The van der Waals surface area contributed by atoms with Crippen molar-refractivity contribution in [3.63, 3.8) is 0 Å². The van der Waals surface area contributed by atoms with Crippen molar-refractivity contribution in [2.24, 2.45) is 5.41 Å². The fraction of sp³-hybridized carbons (Fsp3) is 0.562. The first kappa shape index (κ1) is 14.1. The summed E-state index contributed by atoms with van der Waals surface area (Å²) in [6.45, 7) is 3.98. The third-order valence-electron chi connectivity index (χ3n) is 4.24. The van der Waals surface area contributed by atoms with Crippen LogP contribution in [-0.4, -0.2) is 26.0 Å². The number of hydrogen-bond donors (Lipinski definition) is 1. The van der Waals surface area contributed by atoms with Crippen molar-refractivity contribution in [2.75, 3.05) is 20.2 Å². The molecule has 0 aliphatic carbocycles. The van der Waals surface area contributed by atoms with E-state index < -0.39 is 0 Å². The Hall–Kier alpha value is -1.35. The smallest absolute Gasteiger partial charge is 0.144 e. The largest absolute Gasteiger partial charge is 0.497 e. The number of ketones is 1. The molecule has 1 aliphatic heterocycles. The van der Waals surface area contributed by atoms with Crippen LogP contribution in [0.3, 0.4) is 0 Å². The maximum Gasteiger partial charge on any atom is 0.144 e. The number of benzene rings is 1. The molecule has 1 atom stereocenters. The van der Waals surface area contributed by atoms with Gasteiger partial charge in [0.2, 0.25) is 0 Å². The van der Waals surface area contributed by atoms with Gasteiger partial charge >= 0.3 is 0 Å². The lowest BCUT2D eigenvalue weighted by molar-refractivity contribution is -0.129. The minimum Gasteiger partial charge on any atom is -0.497 e. The lowest BCUT2D eigenvalue weighted by atomic mass is 9.73. The summed E-state index contributed by atoms with van der Waals surface area (Å²) in [7, 11) is 1.65. The molecule has 1 aromatic carbocycles. The molecule has 19 heavy (non-hydrogen) atoms. The maximum absolute atomic E-state index is 12.6. The fourth-order valence-electron chi connectivity index (χ4n) is 2.86. The quantitative estimate of drug-likeness (QED) is 0.885. The molecule has 1 saturated heterocycles. The predicted octanol–water partition coefficient (Wildman–Crippen LogP) is 2.59. The van der Waals surface area contributed by atoms with Crippen molar-refractivity contribution in [2.45, 2.75) is 32.6 Å². The van der Waals surface area contributed by atoms with E-state index in [9.17, 15) is 4.79 Å². The summed E-state index contributed by atoms with van der Waals surface area (Å²) < 4.78 is 5.21. The molecule has 0 spiro atoms. The summed E-state index contributed by atoms with van der Waals surface area (Å²) in [6, 6.07) is 7.81. The molecular formula is C16H23NO2. The van der Waals surface area contributed by atoms with Crippen molar-refractivity contribution < 1.29 is 9.53 Å². The Kier molecular flexibility index (Phi) is 4.59. The normalized spacial score (nSPS) is 23.1. The number of hydrogen-bond acceptors (Lipinski definition) is 3. The minimum atomic E-state index is -0.165. The van der Waals surface area contributed by atoms with Crippen LogP contribution in [0.5, 0.6) is 5.75 Å². The van der Waals surface area contributed by atoms with E-state index in [1.165, 1.54) is 0 Å². The fourth-order valence-corrected chi connectivity index (χ4v) is 2.86. The first-order valence-electron chi connectivity index (χ1n) is 7.07. The van der Waals surface area contributed by atoms with Gasteiger partial charge in [0.25, 0.3) is 0 Å². The van der Waals surface area contributed by atoms with E-state index in [-0.39, 0.29) is 5.41 Å². The average molecular weight is 261 g/mol. The molecule has 1 fully saturated rings. The zero-order valence-electron chi connectivity index (χ0n) is 11.9. The number of carbonyl (C=O) groups excluding carboxylic acids is 1. The van der Waals surface area contributed by atoms with E-state index in [1.54, 1.807) is 7.11 Å². The van der Waals surface area contributed by atoms with Gasteiger partial charge in [-0.2, -0.15) is 0 Å². The zero-order valence-corrected chi connectivity index (χ0v) is 11.9. The number of rotatable bonds is 5. The molecule has 1 N–H and O–H groups in total. The van der Waals surface area contributed by atoms with Crippen LogP contribution >= 0.6 is 0 Å². The van der Waals surface area contributed by atoms with Gasteiger partial charge in [-0.1, -0.05) is 19.1 Å². The minimum absolute atomic E-state index is 0.165. The van der Waals surface area contributed by atoms with Gasteiger partial charge in [0.05, 0.1) is 7.11 Å². The molecule has 2 rings (SSSR count). The molecule has 1 aromatic rings. The second kappa shape index (κ2) is 6.20. The molecule has 1 heterocycles. The zero-order chi connectivity index (χ0) is 13.7. The molecule has 0 bridgehead atoms. The summed E-state index contributed by atoms with van der Waals surface area (Å²) in [5.41, 5.74) is 0.879. The van der Waals surface area contributed by atoms with Gasteiger partial charge in [-0.3, -0.25) is 4.79 Å². The van der Waals surface area contributed by atoms with E-state index >= 15 is 0 Å². The number of nitrogens with one attached hydrogen (secondary N) is 1. The van der Waals surface area contributed by atoms with Crippen molar-refractivity contribution in [1.29, 1.82) is 0 Å². The maximum atomic E-state index is 12.6. The predicted molar refractivity (Wildman–Crippen MR) is 76.5 cm³/mol. The van der Waals surface area contributed by atoms with Crippen molar-refractivity contribution in [3.05, 3.63) is 29.8 Å². The number of Topliss-reactive ketones (excluding diaryl/α,β-unsaturated/α-hetero) is 1. The van der Waals surface area contributed by atoms with Crippen LogP contribution in [0.1, 0.15) is 31.7 Å².